The predicted octanol–water partition coefficient (Wildman–Crippen LogP) is 8.55. The van der Waals surface area contributed by atoms with Crippen LogP contribution < -0.4 is 0 Å². The fourth-order valence-electron chi connectivity index (χ4n) is 3.41. The Morgan fingerprint density at radius 1 is 0.833 bits per heavy atom. The summed E-state index contributed by atoms with van der Waals surface area (Å²) in [6.07, 6.45) is -5.10. The summed E-state index contributed by atoms with van der Waals surface area (Å²) in [5, 5.41) is 2.66. The molecule has 0 bridgehead atoms. The monoisotopic (exact) mass is 575 g/mol. The topological polar surface area (TPSA) is 0 Å². The van der Waals surface area contributed by atoms with Gasteiger partial charge in [0.25, 0.3) is 0 Å². The largest absolute Gasteiger partial charge is 2.00 e. The van der Waals surface area contributed by atoms with E-state index in [9.17, 15) is 26.3 Å². The first-order chi connectivity index (χ1) is 16.3. The number of benzene rings is 2. The minimum Gasteiger partial charge on any atom is -0.168 e. The van der Waals surface area contributed by atoms with E-state index in [1.165, 1.54) is 34.1 Å². The molecular weight excluding hydrogens is 552 g/mol. The van der Waals surface area contributed by atoms with Gasteiger partial charge in [-0.15, -0.1) is 43.5 Å². The number of hydrogen-bond donors (Lipinski definition) is 0. The third-order valence-electron chi connectivity index (χ3n) is 5.52. The molecule has 8 heteroatoms. The van der Waals surface area contributed by atoms with Crippen LogP contribution in [0.3, 0.4) is 0 Å². The molecule has 3 aromatic rings. The summed E-state index contributed by atoms with van der Waals surface area (Å²) in [6, 6.07) is 19.3. The molecule has 0 N–H and O–H groups in total. The molecule has 0 atom stereocenters. The minimum atomic E-state index is -5.14. The van der Waals surface area contributed by atoms with Crippen LogP contribution in [0.2, 0.25) is 0 Å². The fourth-order valence-corrected chi connectivity index (χ4v) is 3.41. The van der Waals surface area contributed by atoms with Crippen LogP contribution in [0.25, 0.3) is 16.3 Å². The van der Waals surface area contributed by atoms with Crippen molar-refractivity contribution < 1.29 is 52.5 Å². The summed E-state index contributed by atoms with van der Waals surface area (Å²) in [5.41, 5.74) is -2.63. The van der Waals surface area contributed by atoms with Crippen molar-refractivity contribution in [1.82, 2.24) is 0 Å². The molecule has 1 radical (unpaired) electrons. The molecule has 1 aliphatic rings. The smallest absolute Gasteiger partial charge is 0.168 e. The van der Waals surface area contributed by atoms with Gasteiger partial charge in [-0.3, -0.25) is 6.08 Å². The van der Waals surface area contributed by atoms with Crippen LogP contribution in [0.15, 0.2) is 89.5 Å². The van der Waals surface area contributed by atoms with Gasteiger partial charge < -0.3 is 0 Å². The summed E-state index contributed by atoms with van der Waals surface area (Å²) in [4.78, 5) is 0. The van der Waals surface area contributed by atoms with E-state index in [0.29, 0.717) is 0 Å². The molecule has 0 nitrogen and oxygen atoms in total. The summed E-state index contributed by atoms with van der Waals surface area (Å²) < 4.78 is 76.4. The van der Waals surface area contributed by atoms with Gasteiger partial charge in [0.15, 0.2) is 0 Å². The van der Waals surface area contributed by atoms with Gasteiger partial charge in [-0.05, 0) is 0 Å². The van der Waals surface area contributed by atoms with Crippen molar-refractivity contribution in [3.05, 3.63) is 107 Å². The fraction of sp³-hybridized carbons (Fsp3) is 0.214. The van der Waals surface area contributed by atoms with Crippen LogP contribution in [0.5, 0.6) is 0 Å². The van der Waals surface area contributed by atoms with Gasteiger partial charge >= 0.3 is 124 Å². The van der Waals surface area contributed by atoms with E-state index in [4.69, 9.17) is 7.49 Å². The Hall–Kier alpha value is -2.33. The third kappa shape index (κ3) is 7.83. The number of rotatable bonds is 1. The summed E-state index contributed by atoms with van der Waals surface area (Å²) in [7, 11) is 5.20. The molecule has 0 heterocycles. The van der Waals surface area contributed by atoms with Crippen molar-refractivity contribution in [3.63, 3.8) is 0 Å². The molecule has 0 fully saturated rings. The first kappa shape index (κ1) is 31.7. The number of hydrogen-bond acceptors (Lipinski definition) is 0. The second kappa shape index (κ2) is 13.3. The Balaban J connectivity index is 0.000000302. The third-order valence-corrected chi connectivity index (χ3v) is 5.52. The maximum atomic E-state index is 12.8. The molecule has 4 rings (SSSR count). The molecule has 185 valence electrons. The van der Waals surface area contributed by atoms with Crippen molar-refractivity contribution in [1.29, 1.82) is 0 Å². The van der Waals surface area contributed by atoms with Gasteiger partial charge in [-0.25, -0.2) is 11.1 Å². The van der Waals surface area contributed by atoms with E-state index in [1.807, 2.05) is 13.8 Å². The van der Waals surface area contributed by atoms with Gasteiger partial charge in [-0.2, -0.15) is 23.6 Å². The summed E-state index contributed by atoms with van der Waals surface area (Å²) >= 11 is 0. The molecule has 36 heavy (non-hydrogen) atoms. The van der Waals surface area contributed by atoms with Crippen LogP contribution in [-0.2, 0) is 26.2 Å². The molecule has 0 spiro atoms. The van der Waals surface area contributed by atoms with E-state index in [1.54, 1.807) is 0 Å². The van der Waals surface area contributed by atoms with Gasteiger partial charge in [-0.1, -0.05) is 19.9 Å². The van der Waals surface area contributed by atoms with Crippen molar-refractivity contribution in [2.24, 2.45) is 0 Å². The quantitative estimate of drug-likeness (QED) is 0.118. The van der Waals surface area contributed by atoms with Crippen LogP contribution in [-0.4, -0.2) is 25.3 Å². The molecule has 0 aliphatic heterocycles. The van der Waals surface area contributed by atoms with Crippen molar-refractivity contribution in [2.45, 2.75) is 40.0 Å². The maximum absolute atomic E-state index is 12.8. The standard InChI is InChI=1S/C11H4BF6.C9H7.C8H13.Zr/c12-9-6-4-2-1-3-5(6)7(10(13,14)15)8(9)11(16,17)18;1-2-5-9-7-3-6-8(9)4-1;1-5-7(3)8(4)6-2;/h1-4H;1-7H;5H,1-4H3;/q;2*-1;+2. The van der Waals surface area contributed by atoms with Crippen LogP contribution in [0.1, 0.15) is 38.8 Å². The van der Waals surface area contributed by atoms with E-state index in [2.05, 4.69) is 68.5 Å². The Bertz CT molecular complexity index is 1230. The SMILES string of the molecule is C[C-]=C(C)C(C)=CC.[B]=C1C(C(F)(F)F)=C(C(F)(F)F)c2ccccc21.[Zr+2].c1ccc2[cH-]ccc2c1. The predicted molar refractivity (Wildman–Crippen MR) is 132 cm³/mol. The number of halogens is 6. The van der Waals surface area contributed by atoms with E-state index in [-0.39, 0.29) is 31.8 Å². The molecular formula is C28H24BF6Zr. The average molecular weight is 577 g/mol. The summed E-state index contributed by atoms with van der Waals surface area (Å²) in [6.45, 7) is 8.12. The Morgan fingerprint density at radius 3 is 1.83 bits per heavy atom. The molecule has 0 amide bonds. The summed E-state index contributed by atoms with van der Waals surface area (Å²) in [5.74, 6) is 0. The first-order valence-corrected chi connectivity index (χ1v) is 10.7. The number of fused-ring (bicyclic) bond motifs is 2. The number of allylic oxidation sites excluding steroid dienone is 6. The van der Waals surface area contributed by atoms with E-state index in [0.717, 1.165) is 12.1 Å². The van der Waals surface area contributed by atoms with Crippen molar-refractivity contribution >= 4 is 29.3 Å². The molecule has 0 unspecified atom stereocenters. The molecule has 1 aliphatic carbocycles. The molecule has 0 saturated carbocycles. The van der Waals surface area contributed by atoms with Gasteiger partial charge in [0.2, 0.25) is 0 Å². The zero-order chi connectivity index (χ0) is 26.4. The second-order valence-corrected chi connectivity index (χ2v) is 7.71. The van der Waals surface area contributed by atoms with Crippen LogP contribution in [0.4, 0.5) is 26.3 Å². The Morgan fingerprint density at radius 2 is 1.36 bits per heavy atom. The van der Waals surface area contributed by atoms with Gasteiger partial charge in [0.1, 0.15) is 0 Å². The van der Waals surface area contributed by atoms with E-state index < -0.39 is 34.5 Å². The first-order valence-electron chi connectivity index (χ1n) is 10.7. The molecule has 3 aromatic carbocycles. The maximum Gasteiger partial charge on any atom is 2.00 e. The van der Waals surface area contributed by atoms with Crippen LogP contribution in [0, 0.1) is 6.08 Å². The number of alkyl halides is 6. The van der Waals surface area contributed by atoms with Crippen LogP contribution >= 0.6 is 0 Å². The normalized spacial score (nSPS) is 13.9. The zero-order valence-corrected chi connectivity index (χ0v) is 22.7. The van der Waals surface area contributed by atoms with E-state index >= 15 is 0 Å². The Kier molecular flexibility index (Phi) is 11.7. The average Bonchev–Trinajstić information content (AvgIpc) is 3.41. The minimum absolute atomic E-state index is 0. The van der Waals surface area contributed by atoms with Crippen molar-refractivity contribution in [3.8, 4) is 0 Å². The van der Waals surface area contributed by atoms with Gasteiger partial charge in [0.05, 0.1) is 0 Å². The molecule has 0 saturated heterocycles. The second-order valence-electron chi connectivity index (χ2n) is 7.71. The van der Waals surface area contributed by atoms with Crippen molar-refractivity contribution in [2.75, 3.05) is 0 Å². The zero-order valence-electron chi connectivity index (χ0n) is 20.3. The van der Waals surface area contributed by atoms with Gasteiger partial charge in [0, 0.05) is 0 Å². The Labute approximate surface area is 228 Å². The molecule has 0 aromatic heterocycles.